The predicted octanol–water partition coefficient (Wildman–Crippen LogP) is 3.09. The minimum atomic E-state index is -0.0950. The highest BCUT2D eigenvalue weighted by atomic mass is 16.5. The Hall–Kier alpha value is -0.900. The molecule has 4 heteroatoms. The van der Waals surface area contributed by atoms with Gasteiger partial charge < -0.3 is 10.3 Å². The molecule has 0 radical (unpaired) electrons. The number of nitrogens with two attached hydrogens (primary N) is 1. The first-order valence-electron chi connectivity index (χ1n) is 6.42. The van der Waals surface area contributed by atoms with Gasteiger partial charge in [0.05, 0.1) is 6.04 Å². The van der Waals surface area contributed by atoms with E-state index in [0.717, 1.165) is 19.3 Å². The summed E-state index contributed by atoms with van der Waals surface area (Å²) in [6, 6.07) is -0.0950. The molecule has 0 fully saturated rings. The van der Waals surface area contributed by atoms with Gasteiger partial charge in [0.2, 0.25) is 5.89 Å². The summed E-state index contributed by atoms with van der Waals surface area (Å²) in [7, 11) is 0. The Morgan fingerprint density at radius 2 is 2.00 bits per heavy atom. The largest absolute Gasteiger partial charge is 0.339 e. The fourth-order valence-electron chi connectivity index (χ4n) is 1.51. The SMILES string of the molecule is CCCC(N)c1noc(CC(C)C(C)(C)C)n1. The van der Waals surface area contributed by atoms with Gasteiger partial charge in [0.1, 0.15) is 0 Å². The highest BCUT2D eigenvalue weighted by Gasteiger charge is 2.23. The van der Waals surface area contributed by atoms with E-state index in [9.17, 15) is 0 Å². The highest BCUT2D eigenvalue weighted by molar-refractivity contribution is 4.94. The van der Waals surface area contributed by atoms with Crippen molar-refractivity contribution in [3.63, 3.8) is 0 Å². The van der Waals surface area contributed by atoms with Crippen LogP contribution in [0.25, 0.3) is 0 Å². The molecule has 0 amide bonds. The van der Waals surface area contributed by atoms with Crippen molar-refractivity contribution in [1.29, 1.82) is 0 Å². The van der Waals surface area contributed by atoms with Gasteiger partial charge in [-0.15, -0.1) is 0 Å². The first kappa shape index (κ1) is 14.2. The summed E-state index contributed by atoms with van der Waals surface area (Å²) in [6.07, 6.45) is 2.74. The van der Waals surface area contributed by atoms with Crippen LogP contribution in [0.4, 0.5) is 0 Å². The van der Waals surface area contributed by atoms with Gasteiger partial charge in [0, 0.05) is 6.42 Å². The van der Waals surface area contributed by atoms with E-state index in [0.29, 0.717) is 17.6 Å². The lowest BCUT2D eigenvalue weighted by atomic mass is 9.80. The maximum Gasteiger partial charge on any atom is 0.226 e. The summed E-state index contributed by atoms with van der Waals surface area (Å²) in [5.74, 6) is 1.84. The van der Waals surface area contributed by atoms with Crippen molar-refractivity contribution in [2.24, 2.45) is 17.1 Å². The van der Waals surface area contributed by atoms with Crippen molar-refractivity contribution in [3.05, 3.63) is 11.7 Å². The Morgan fingerprint density at radius 1 is 1.35 bits per heavy atom. The molecule has 4 nitrogen and oxygen atoms in total. The van der Waals surface area contributed by atoms with Crippen LogP contribution in [0, 0.1) is 11.3 Å². The van der Waals surface area contributed by atoms with Gasteiger partial charge in [-0.1, -0.05) is 46.2 Å². The van der Waals surface area contributed by atoms with Crippen LogP contribution in [0.15, 0.2) is 4.52 Å². The Labute approximate surface area is 104 Å². The third kappa shape index (κ3) is 4.11. The number of nitrogens with zero attached hydrogens (tertiary/aromatic N) is 2. The van der Waals surface area contributed by atoms with E-state index in [2.05, 4.69) is 44.8 Å². The number of rotatable bonds is 5. The standard InChI is InChI=1S/C13H25N3O/c1-6-7-10(14)12-15-11(17-16-12)8-9(2)13(3,4)5/h9-10H,6-8,14H2,1-5H3. The molecule has 1 aromatic heterocycles. The Kier molecular flexibility index (Phi) is 4.69. The van der Waals surface area contributed by atoms with Crippen LogP contribution in [0.5, 0.6) is 0 Å². The van der Waals surface area contributed by atoms with Crippen LogP contribution in [0.3, 0.4) is 0 Å². The maximum atomic E-state index is 5.95. The second-order valence-electron chi connectivity index (χ2n) is 5.91. The summed E-state index contributed by atoms with van der Waals surface area (Å²) in [5.41, 5.74) is 6.20. The molecule has 1 rings (SSSR count). The van der Waals surface area contributed by atoms with Gasteiger partial charge in [0.15, 0.2) is 5.82 Å². The van der Waals surface area contributed by atoms with Gasteiger partial charge >= 0.3 is 0 Å². The van der Waals surface area contributed by atoms with Crippen molar-refractivity contribution in [2.75, 3.05) is 0 Å². The molecule has 0 bridgehead atoms. The molecular formula is C13H25N3O. The lowest BCUT2D eigenvalue weighted by Gasteiger charge is -2.25. The first-order valence-corrected chi connectivity index (χ1v) is 6.42. The van der Waals surface area contributed by atoms with Crippen LogP contribution in [0.2, 0.25) is 0 Å². The maximum absolute atomic E-state index is 5.95. The second kappa shape index (κ2) is 5.63. The molecule has 0 aliphatic rings. The van der Waals surface area contributed by atoms with Crippen LogP contribution >= 0.6 is 0 Å². The molecule has 98 valence electrons. The lowest BCUT2D eigenvalue weighted by Crippen LogP contribution is -2.19. The summed E-state index contributed by atoms with van der Waals surface area (Å²) in [4.78, 5) is 4.38. The van der Waals surface area contributed by atoms with E-state index in [-0.39, 0.29) is 11.5 Å². The molecule has 2 unspecified atom stereocenters. The predicted molar refractivity (Wildman–Crippen MR) is 68.5 cm³/mol. The zero-order valence-electron chi connectivity index (χ0n) is 11.7. The van der Waals surface area contributed by atoms with Crippen molar-refractivity contribution in [1.82, 2.24) is 10.1 Å². The zero-order chi connectivity index (χ0) is 13.1. The molecule has 0 saturated heterocycles. The quantitative estimate of drug-likeness (QED) is 0.857. The smallest absolute Gasteiger partial charge is 0.226 e. The summed E-state index contributed by atoms with van der Waals surface area (Å²) >= 11 is 0. The summed E-state index contributed by atoms with van der Waals surface area (Å²) < 4.78 is 5.26. The average Bonchev–Trinajstić information content (AvgIpc) is 2.65. The van der Waals surface area contributed by atoms with Crippen molar-refractivity contribution in [3.8, 4) is 0 Å². The van der Waals surface area contributed by atoms with E-state index in [4.69, 9.17) is 10.3 Å². The first-order chi connectivity index (χ1) is 7.84. The fraction of sp³-hybridized carbons (Fsp3) is 0.846. The van der Waals surface area contributed by atoms with E-state index >= 15 is 0 Å². The van der Waals surface area contributed by atoms with Gasteiger partial charge in [-0.25, -0.2) is 0 Å². The molecule has 1 heterocycles. The minimum absolute atomic E-state index is 0.0950. The van der Waals surface area contributed by atoms with Gasteiger partial charge in [0.25, 0.3) is 0 Å². The molecule has 2 N–H and O–H groups in total. The number of hydrogen-bond donors (Lipinski definition) is 1. The second-order valence-corrected chi connectivity index (χ2v) is 5.91. The molecule has 0 saturated carbocycles. The molecule has 1 aromatic rings. The Balaban J connectivity index is 2.63. The zero-order valence-corrected chi connectivity index (χ0v) is 11.7. The third-order valence-electron chi connectivity index (χ3n) is 3.37. The van der Waals surface area contributed by atoms with Crippen LogP contribution in [0.1, 0.15) is 65.2 Å². The Bertz CT molecular complexity index is 341. The average molecular weight is 239 g/mol. The number of aromatic nitrogens is 2. The van der Waals surface area contributed by atoms with E-state index in [1.54, 1.807) is 0 Å². The Morgan fingerprint density at radius 3 is 2.53 bits per heavy atom. The van der Waals surface area contributed by atoms with E-state index in [1.165, 1.54) is 0 Å². The normalized spacial score (nSPS) is 15.9. The summed E-state index contributed by atoms with van der Waals surface area (Å²) in [5, 5.41) is 3.96. The van der Waals surface area contributed by atoms with E-state index < -0.39 is 0 Å². The molecule has 17 heavy (non-hydrogen) atoms. The molecule has 0 aromatic carbocycles. The fourth-order valence-corrected chi connectivity index (χ4v) is 1.51. The third-order valence-corrected chi connectivity index (χ3v) is 3.37. The highest BCUT2D eigenvalue weighted by Crippen LogP contribution is 2.28. The van der Waals surface area contributed by atoms with Crippen LogP contribution in [-0.4, -0.2) is 10.1 Å². The van der Waals surface area contributed by atoms with Crippen LogP contribution in [-0.2, 0) is 6.42 Å². The lowest BCUT2D eigenvalue weighted by molar-refractivity contribution is 0.236. The topological polar surface area (TPSA) is 64.9 Å². The number of hydrogen-bond acceptors (Lipinski definition) is 4. The van der Waals surface area contributed by atoms with Crippen LogP contribution < -0.4 is 5.73 Å². The molecule has 0 aliphatic carbocycles. The molecule has 2 atom stereocenters. The minimum Gasteiger partial charge on any atom is -0.339 e. The van der Waals surface area contributed by atoms with Gasteiger partial charge in [-0.05, 0) is 17.8 Å². The molecular weight excluding hydrogens is 214 g/mol. The monoisotopic (exact) mass is 239 g/mol. The van der Waals surface area contributed by atoms with Gasteiger partial charge in [-0.2, -0.15) is 4.98 Å². The van der Waals surface area contributed by atoms with Crippen molar-refractivity contribution < 1.29 is 4.52 Å². The van der Waals surface area contributed by atoms with Gasteiger partial charge in [-0.3, -0.25) is 0 Å². The molecule has 0 spiro atoms. The van der Waals surface area contributed by atoms with Crippen molar-refractivity contribution >= 4 is 0 Å². The molecule has 0 aliphatic heterocycles. The van der Waals surface area contributed by atoms with E-state index in [1.807, 2.05) is 0 Å². The summed E-state index contributed by atoms with van der Waals surface area (Å²) in [6.45, 7) is 11.0. The van der Waals surface area contributed by atoms with Crippen molar-refractivity contribution in [2.45, 2.75) is 59.9 Å².